The molecule has 11 heteroatoms. The highest BCUT2D eigenvalue weighted by atomic mass is 19.4. The highest BCUT2D eigenvalue weighted by Crippen LogP contribution is 2.43. The van der Waals surface area contributed by atoms with Crippen molar-refractivity contribution in [2.45, 2.75) is 96.3 Å². The van der Waals surface area contributed by atoms with Crippen LogP contribution >= 0.6 is 0 Å². The van der Waals surface area contributed by atoms with Gasteiger partial charge in [-0.2, -0.15) is 18.3 Å². The number of ether oxygens (including phenoxy) is 1. The number of alkyl halides is 5. The zero-order valence-corrected chi connectivity index (χ0v) is 21.3. The number of rotatable bonds is 2. The van der Waals surface area contributed by atoms with Gasteiger partial charge in [0, 0.05) is 36.6 Å². The van der Waals surface area contributed by atoms with Crippen molar-refractivity contribution >= 4 is 11.7 Å². The van der Waals surface area contributed by atoms with Gasteiger partial charge in [0.25, 0.3) is 5.92 Å². The lowest BCUT2D eigenvalue weighted by atomic mass is 9.80. The van der Waals surface area contributed by atoms with Crippen LogP contribution < -0.4 is 0 Å². The van der Waals surface area contributed by atoms with Gasteiger partial charge in [-0.05, 0) is 65.9 Å². The van der Waals surface area contributed by atoms with Gasteiger partial charge in [-0.25, -0.2) is 23.1 Å². The van der Waals surface area contributed by atoms with Crippen LogP contribution in [0, 0.1) is 19.8 Å². The van der Waals surface area contributed by atoms with Crippen LogP contribution in [0.3, 0.4) is 0 Å². The number of carbonyl (C=O) groups excluding carboxylic acids is 1. The minimum absolute atomic E-state index is 0.0375. The second-order valence-electron chi connectivity index (χ2n) is 11.3. The number of halogens is 5. The SMILES string of the molecule is Cc1nc2cc(C3CCC(C(F)(F)F)CC3)nn2c(C2CN(C(=O)OC(C)(C)C)CC(F)(F)C2)c1C. The predicted octanol–water partition coefficient (Wildman–Crippen LogP) is 6.54. The summed E-state index contributed by atoms with van der Waals surface area (Å²) in [7, 11) is 0. The number of carbonyl (C=O) groups is 1. The Balaban J connectivity index is 1.66. The Bertz CT molecular complexity index is 1130. The van der Waals surface area contributed by atoms with Crippen molar-refractivity contribution < 1.29 is 31.5 Å². The lowest BCUT2D eigenvalue weighted by Gasteiger charge is -2.38. The molecule has 3 heterocycles. The van der Waals surface area contributed by atoms with Crippen LogP contribution in [0.25, 0.3) is 5.65 Å². The van der Waals surface area contributed by atoms with Crippen LogP contribution in [0.2, 0.25) is 0 Å². The smallest absolute Gasteiger partial charge is 0.410 e. The van der Waals surface area contributed by atoms with E-state index < -0.39 is 48.6 Å². The van der Waals surface area contributed by atoms with Crippen LogP contribution in [-0.4, -0.2) is 56.4 Å². The van der Waals surface area contributed by atoms with Gasteiger partial charge < -0.3 is 9.64 Å². The molecule has 0 aromatic carbocycles. The summed E-state index contributed by atoms with van der Waals surface area (Å²) < 4.78 is 75.9. The highest BCUT2D eigenvalue weighted by Gasteiger charge is 2.45. The quantitative estimate of drug-likeness (QED) is 0.425. The molecule has 2 fully saturated rings. The Morgan fingerprint density at radius 3 is 2.31 bits per heavy atom. The molecular weight excluding hydrogens is 483 g/mol. The third-order valence-corrected chi connectivity index (χ3v) is 7.20. The topological polar surface area (TPSA) is 59.7 Å². The molecule has 200 valence electrons. The van der Waals surface area contributed by atoms with Crippen LogP contribution in [0.4, 0.5) is 26.7 Å². The van der Waals surface area contributed by atoms with E-state index in [4.69, 9.17) is 4.74 Å². The van der Waals surface area contributed by atoms with Gasteiger partial charge in [-0.15, -0.1) is 0 Å². The Labute approximate surface area is 207 Å². The molecular formula is C25H33F5N4O2. The van der Waals surface area contributed by atoms with E-state index in [9.17, 15) is 26.7 Å². The number of aryl methyl sites for hydroxylation is 1. The molecule has 0 spiro atoms. The van der Waals surface area contributed by atoms with Crippen LogP contribution in [0.5, 0.6) is 0 Å². The molecule has 36 heavy (non-hydrogen) atoms. The van der Waals surface area contributed by atoms with Gasteiger partial charge in [0.05, 0.1) is 23.9 Å². The minimum atomic E-state index is -4.20. The Morgan fingerprint density at radius 1 is 1.08 bits per heavy atom. The van der Waals surface area contributed by atoms with Gasteiger partial charge in [-0.3, -0.25) is 0 Å². The van der Waals surface area contributed by atoms with Gasteiger partial charge in [0.15, 0.2) is 5.65 Å². The number of amides is 1. The van der Waals surface area contributed by atoms with Crippen LogP contribution in [-0.2, 0) is 4.74 Å². The molecule has 0 bridgehead atoms. The molecule has 2 aliphatic rings. The summed E-state index contributed by atoms with van der Waals surface area (Å²) >= 11 is 0. The van der Waals surface area contributed by atoms with Gasteiger partial charge in [-0.1, -0.05) is 0 Å². The highest BCUT2D eigenvalue weighted by molar-refractivity contribution is 5.68. The normalized spacial score (nSPS) is 25.3. The molecule has 1 saturated carbocycles. The van der Waals surface area contributed by atoms with E-state index in [-0.39, 0.29) is 25.3 Å². The molecule has 1 aliphatic carbocycles. The van der Waals surface area contributed by atoms with E-state index in [0.29, 0.717) is 41.1 Å². The van der Waals surface area contributed by atoms with Crippen LogP contribution in [0.15, 0.2) is 6.07 Å². The minimum Gasteiger partial charge on any atom is -0.444 e. The molecule has 1 atom stereocenters. The largest absolute Gasteiger partial charge is 0.444 e. The molecule has 6 nitrogen and oxygen atoms in total. The second kappa shape index (κ2) is 9.13. The Hall–Kier alpha value is -2.46. The standard InChI is InChI=1S/C25H33F5N4O2/c1-14-15(2)31-20-10-19(16-6-8-18(9-7-16)25(28,29)30)32-34(20)21(14)17-11-24(26,27)13-33(12-17)22(35)36-23(3,4)5/h10,16-18H,6-9,11-13H2,1-5H3. The van der Waals surface area contributed by atoms with E-state index in [1.807, 2.05) is 0 Å². The molecule has 1 amide bonds. The molecule has 1 aliphatic heterocycles. The fourth-order valence-corrected chi connectivity index (χ4v) is 5.39. The Morgan fingerprint density at radius 2 is 1.72 bits per heavy atom. The number of fused-ring (bicyclic) bond motifs is 1. The lowest BCUT2D eigenvalue weighted by Crippen LogP contribution is -2.50. The molecule has 0 N–H and O–H groups in total. The summed E-state index contributed by atoms with van der Waals surface area (Å²) in [5, 5.41) is 4.67. The fourth-order valence-electron chi connectivity index (χ4n) is 5.39. The molecule has 1 unspecified atom stereocenters. The molecule has 0 radical (unpaired) electrons. The van der Waals surface area contributed by atoms with E-state index in [2.05, 4.69) is 10.1 Å². The summed E-state index contributed by atoms with van der Waals surface area (Å²) in [4.78, 5) is 18.3. The van der Waals surface area contributed by atoms with Gasteiger partial charge in [0.1, 0.15) is 5.60 Å². The summed E-state index contributed by atoms with van der Waals surface area (Å²) in [5.41, 5.74) is 2.17. The maximum atomic E-state index is 14.9. The summed E-state index contributed by atoms with van der Waals surface area (Å²) in [6, 6.07) is 1.75. The first-order valence-corrected chi connectivity index (χ1v) is 12.3. The van der Waals surface area contributed by atoms with Crippen LogP contribution in [0.1, 0.15) is 87.4 Å². The first kappa shape index (κ1) is 26.6. The van der Waals surface area contributed by atoms with Crippen molar-refractivity contribution in [3.63, 3.8) is 0 Å². The number of piperidine rings is 1. The van der Waals surface area contributed by atoms with Crippen molar-refractivity contribution in [3.05, 3.63) is 28.7 Å². The van der Waals surface area contributed by atoms with E-state index in [1.54, 1.807) is 45.2 Å². The zero-order valence-electron chi connectivity index (χ0n) is 21.3. The van der Waals surface area contributed by atoms with E-state index in [1.165, 1.54) is 0 Å². The van der Waals surface area contributed by atoms with Gasteiger partial charge >= 0.3 is 12.3 Å². The first-order chi connectivity index (χ1) is 16.5. The first-order valence-electron chi connectivity index (χ1n) is 12.3. The number of hydrogen-bond acceptors (Lipinski definition) is 4. The van der Waals surface area contributed by atoms with Crippen molar-refractivity contribution in [2.75, 3.05) is 13.1 Å². The summed E-state index contributed by atoms with van der Waals surface area (Å²) in [6.45, 7) is 7.92. The average molecular weight is 517 g/mol. The zero-order chi connectivity index (χ0) is 26.6. The number of nitrogens with zero attached hydrogens (tertiary/aromatic N) is 4. The predicted molar refractivity (Wildman–Crippen MR) is 123 cm³/mol. The summed E-state index contributed by atoms with van der Waals surface area (Å²) in [6.07, 6.45) is -4.66. The lowest BCUT2D eigenvalue weighted by molar-refractivity contribution is -0.182. The molecule has 4 rings (SSSR count). The Kier molecular flexibility index (Phi) is 6.75. The fraction of sp³-hybridized carbons (Fsp3) is 0.720. The molecule has 2 aromatic rings. The second-order valence-corrected chi connectivity index (χ2v) is 11.3. The van der Waals surface area contributed by atoms with Crippen molar-refractivity contribution in [1.29, 1.82) is 0 Å². The average Bonchev–Trinajstić information content (AvgIpc) is 3.15. The monoisotopic (exact) mass is 516 g/mol. The molecule has 1 saturated heterocycles. The molecule has 2 aromatic heterocycles. The van der Waals surface area contributed by atoms with Crippen molar-refractivity contribution in [3.8, 4) is 0 Å². The number of aromatic nitrogens is 3. The van der Waals surface area contributed by atoms with E-state index in [0.717, 1.165) is 4.90 Å². The maximum Gasteiger partial charge on any atom is 0.410 e. The van der Waals surface area contributed by atoms with Gasteiger partial charge in [0.2, 0.25) is 0 Å². The van der Waals surface area contributed by atoms with Crippen molar-refractivity contribution in [1.82, 2.24) is 19.5 Å². The van der Waals surface area contributed by atoms with E-state index >= 15 is 0 Å². The van der Waals surface area contributed by atoms with Crippen molar-refractivity contribution in [2.24, 2.45) is 5.92 Å². The summed E-state index contributed by atoms with van der Waals surface area (Å²) in [5.74, 6) is -5.29. The maximum absolute atomic E-state index is 14.9. The third-order valence-electron chi connectivity index (χ3n) is 7.20. The number of likely N-dealkylation sites (tertiary alicyclic amines) is 1. The number of hydrogen-bond donors (Lipinski definition) is 0. The third kappa shape index (κ3) is 5.59.